The van der Waals surface area contributed by atoms with E-state index in [0.717, 1.165) is 35.4 Å². The Balaban J connectivity index is 1.49. The molecule has 34 heavy (non-hydrogen) atoms. The van der Waals surface area contributed by atoms with Crippen LogP contribution in [0.1, 0.15) is 29.0 Å². The Labute approximate surface area is 199 Å². The Morgan fingerprint density at radius 3 is 2.65 bits per heavy atom. The van der Waals surface area contributed by atoms with Crippen LogP contribution in [0, 0.1) is 17.1 Å². The van der Waals surface area contributed by atoms with E-state index in [1.165, 1.54) is 36.0 Å². The van der Waals surface area contributed by atoms with E-state index in [9.17, 15) is 14.4 Å². The highest BCUT2D eigenvalue weighted by Gasteiger charge is 2.28. The molecule has 1 aromatic carbocycles. The molecule has 0 radical (unpaired) electrons. The number of allylic oxidation sites excluding steroid dienone is 1. The fourth-order valence-corrected chi connectivity index (χ4v) is 4.73. The van der Waals surface area contributed by atoms with E-state index < -0.39 is 0 Å². The van der Waals surface area contributed by atoms with Gasteiger partial charge in [-0.1, -0.05) is 11.8 Å². The minimum atomic E-state index is -0.378. The molecule has 0 bridgehead atoms. The Kier molecular flexibility index (Phi) is 6.02. The number of carbonyl (C=O) groups excluding carboxylic acids is 1. The number of furan rings is 2. The number of nitriles is 1. The van der Waals surface area contributed by atoms with Crippen molar-refractivity contribution in [3.8, 4) is 17.4 Å². The smallest absolute Gasteiger partial charge is 0.234 e. The minimum Gasteiger partial charge on any atom is -0.465 e. The summed E-state index contributed by atoms with van der Waals surface area (Å²) >= 11 is 1.18. The first kappa shape index (κ1) is 21.7. The number of hydrogen-bond acceptors (Lipinski definition) is 6. The van der Waals surface area contributed by atoms with E-state index >= 15 is 0 Å². The molecule has 1 aliphatic rings. The standard InChI is InChI=1S/C26H18FN3O3S/c27-17-6-8-18(9-7-17)29-23(31)15-34-26-21(14-28)24(22-4-2-12-33-22)20-10-5-16(25(20)30-26)13-19-3-1-11-32-19/h1-4,6-9,11-13H,5,10,15H2,(H,29,31)/b16-13-. The van der Waals surface area contributed by atoms with Crippen LogP contribution in [0.5, 0.6) is 0 Å². The zero-order valence-corrected chi connectivity index (χ0v) is 18.7. The van der Waals surface area contributed by atoms with Gasteiger partial charge in [0.2, 0.25) is 5.91 Å². The fraction of sp³-hybridized carbons (Fsp3) is 0.115. The third-order valence-corrected chi connectivity index (χ3v) is 6.40. The summed E-state index contributed by atoms with van der Waals surface area (Å²) in [6.45, 7) is 0. The van der Waals surface area contributed by atoms with Crippen molar-refractivity contribution < 1.29 is 18.0 Å². The number of halogens is 1. The highest BCUT2D eigenvalue weighted by Crippen LogP contribution is 2.43. The van der Waals surface area contributed by atoms with Crippen LogP contribution in [0.4, 0.5) is 10.1 Å². The number of benzene rings is 1. The molecule has 6 nitrogen and oxygen atoms in total. The van der Waals surface area contributed by atoms with Crippen LogP contribution >= 0.6 is 11.8 Å². The number of amides is 1. The normalized spacial score (nSPS) is 13.6. The van der Waals surface area contributed by atoms with Crippen LogP contribution in [-0.4, -0.2) is 16.6 Å². The molecule has 0 saturated heterocycles. The van der Waals surface area contributed by atoms with Crippen LogP contribution in [0.2, 0.25) is 0 Å². The van der Waals surface area contributed by atoms with Crippen molar-refractivity contribution in [1.82, 2.24) is 4.98 Å². The number of aromatic nitrogens is 1. The highest BCUT2D eigenvalue weighted by atomic mass is 32.2. The Bertz CT molecular complexity index is 1400. The fourth-order valence-electron chi connectivity index (χ4n) is 3.94. The molecule has 168 valence electrons. The molecule has 1 amide bonds. The summed E-state index contributed by atoms with van der Waals surface area (Å²) in [7, 11) is 0. The number of fused-ring (bicyclic) bond motifs is 1. The average Bonchev–Trinajstić information content (AvgIpc) is 3.62. The first-order valence-electron chi connectivity index (χ1n) is 10.6. The molecule has 5 rings (SSSR count). The van der Waals surface area contributed by atoms with Crippen molar-refractivity contribution >= 4 is 35.0 Å². The maximum absolute atomic E-state index is 13.1. The molecule has 1 aliphatic carbocycles. The second kappa shape index (κ2) is 9.41. The molecule has 0 fully saturated rings. The summed E-state index contributed by atoms with van der Waals surface area (Å²) in [6, 6.07) is 15.1. The summed E-state index contributed by atoms with van der Waals surface area (Å²) in [5.41, 5.74) is 4.32. The number of nitrogens with zero attached hydrogens (tertiary/aromatic N) is 2. The van der Waals surface area contributed by atoms with Crippen LogP contribution in [0.15, 0.2) is 74.9 Å². The van der Waals surface area contributed by atoms with E-state index in [1.807, 2.05) is 24.3 Å². The molecule has 1 N–H and O–H groups in total. The lowest BCUT2D eigenvalue weighted by molar-refractivity contribution is -0.113. The Hall–Kier alpha value is -4.09. The van der Waals surface area contributed by atoms with Gasteiger partial charge < -0.3 is 14.2 Å². The maximum Gasteiger partial charge on any atom is 0.234 e. The highest BCUT2D eigenvalue weighted by molar-refractivity contribution is 8.00. The van der Waals surface area contributed by atoms with Crippen molar-refractivity contribution in [3.63, 3.8) is 0 Å². The molecule has 0 unspecified atom stereocenters. The number of nitrogens with one attached hydrogen (secondary N) is 1. The molecular formula is C26H18FN3O3S. The van der Waals surface area contributed by atoms with Crippen LogP contribution in [-0.2, 0) is 11.2 Å². The van der Waals surface area contributed by atoms with Crippen molar-refractivity contribution in [2.24, 2.45) is 0 Å². The Morgan fingerprint density at radius 1 is 1.15 bits per heavy atom. The van der Waals surface area contributed by atoms with E-state index in [1.54, 1.807) is 18.6 Å². The summed E-state index contributed by atoms with van der Waals surface area (Å²) in [6.07, 6.45) is 6.60. The lowest BCUT2D eigenvalue weighted by Crippen LogP contribution is -2.14. The molecule has 0 spiro atoms. The van der Waals surface area contributed by atoms with Crippen LogP contribution in [0.25, 0.3) is 23.0 Å². The molecule has 0 atom stereocenters. The lowest BCUT2D eigenvalue weighted by Gasteiger charge is -2.13. The zero-order chi connectivity index (χ0) is 23.5. The van der Waals surface area contributed by atoms with Gasteiger partial charge in [-0.05, 0) is 78.6 Å². The SMILES string of the molecule is N#Cc1c(SCC(=O)Nc2ccc(F)cc2)nc2c(c1-c1ccco1)CC/C2=C/c1ccco1. The number of hydrogen-bond donors (Lipinski definition) is 1. The zero-order valence-electron chi connectivity index (χ0n) is 17.9. The summed E-state index contributed by atoms with van der Waals surface area (Å²) < 4.78 is 24.3. The third kappa shape index (κ3) is 4.38. The van der Waals surface area contributed by atoms with Gasteiger partial charge in [-0.25, -0.2) is 9.37 Å². The predicted molar refractivity (Wildman–Crippen MR) is 127 cm³/mol. The number of anilines is 1. The molecule has 3 heterocycles. The lowest BCUT2D eigenvalue weighted by atomic mass is 10.00. The van der Waals surface area contributed by atoms with Crippen LogP contribution < -0.4 is 5.32 Å². The minimum absolute atomic E-state index is 0.0344. The van der Waals surface area contributed by atoms with E-state index in [0.29, 0.717) is 27.6 Å². The largest absolute Gasteiger partial charge is 0.465 e. The monoisotopic (exact) mass is 471 g/mol. The molecular weight excluding hydrogens is 453 g/mol. The summed E-state index contributed by atoms with van der Waals surface area (Å²) in [4.78, 5) is 17.3. The van der Waals surface area contributed by atoms with Crippen LogP contribution in [0.3, 0.4) is 0 Å². The van der Waals surface area contributed by atoms with Gasteiger partial charge in [0.05, 0.1) is 29.5 Å². The third-order valence-electron chi connectivity index (χ3n) is 5.42. The van der Waals surface area contributed by atoms with Gasteiger partial charge in [0, 0.05) is 11.3 Å². The number of rotatable bonds is 6. The topological polar surface area (TPSA) is 92.1 Å². The van der Waals surface area contributed by atoms with Gasteiger partial charge in [-0.2, -0.15) is 5.26 Å². The molecule has 3 aromatic heterocycles. The van der Waals surface area contributed by atoms with Gasteiger partial charge in [0.25, 0.3) is 0 Å². The quantitative estimate of drug-likeness (QED) is 0.339. The molecule has 8 heteroatoms. The average molecular weight is 472 g/mol. The van der Waals surface area contributed by atoms with Gasteiger partial charge in [-0.3, -0.25) is 4.79 Å². The van der Waals surface area contributed by atoms with Gasteiger partial charge in [0.15, 0.2) is 0 Å². The van der Waals surface area contributed by atoms with Gasteiger partial charge in [-0.15, -0.1) is 0 Å². The van der Waals surface area contributed by atoms with E-state index in [4.69, 9.17) is 13.8 Å². The number of carbonyl (C=O) groups is 1. The first-order chi connectivity index (χ1) is 16.6. The Morgan fingerprint density at radius 2 is 1.94 bits per heavy atom. The maximum atomic E-state index is 13.1. The van der Waals surface area contributed by atoms with E-state index in [-0.39, 0.29) is 17.5 Å². The van der Waals surface area contributed by atoms with E-state index in [2.05, 4.69) is 11.4 Å². The van der Waals surface area contributed by atoms with Crippen molar-refractivity contribution in [1.29, 1.82) is 5.26 Å². The summed E-state index contributed by atoms with van der Waals surface area (Å²) in [5.74, 6) is 0.687. The molecule has 0 aliphatic heterocycles. The van der Waals surface area contributed by atoms with Crippen molar-refractivity contribution in [2.75, 3.05) is 11.1 Å². The van der Waals surface area contributed by atoms with Gasteiger partial charge >= 0.3 is 0 Å². The number of thioether (sulfide) groups is 1. The summed E-state index contributed by atoms with van der Waals surface area (Å²) in [5, 5.41) is 13.2. The van der Waals surface area contributed by atoms with Gasteiger partial charge in [0.1, 0.15) is 28.4 Å². The second-order valence-corrected chi connectivity index (χ2v) is 8.58. The predicted octanol–water partition coefficient (Wildman–Crippen LogP) is 6.16. The van der Waals surface area contributed by atoms with Crippen molar-refractivity contribution in [2.45, 2.75) is 17.9 Å². The molecule has 0 saturated carbocycles. The second-order valence-electron chi connectivity index (χ2n) is 7.61. The van der Waals surface area contributed by atoms with Crippen molar-refractivity contribution in [3.05, 3.63) is 89.5 Å². The molecule has 4 aromatic rings. The number of pyridine rings is 1. The first-order valence-corrected chi connectivity index (χ1v) is 11.5.